The van der Waals surface area contributed by atoms with Crippen LogP contribution < -0.4 is 0 Å². The molecule has 1 unspecified atom stereocenters. The topological polar surface area (TPSA) is 59.8 Å². The molecule has 1 aromatic carbocycles. The third kappa shape index (κ3) is 2.71. The lowest BCUT2D eigenvalue weighted by molar-refractivity contribution is -0.146. The Morgan fingerprint density at radius 3 is 2.91 bits per heavy atom. The number of hydrogen-bond donors (Lipinski definition) is 0. The van der Waals surface area contributed by atoms with Crippen LogP contribution in [-0.2, 0) is 9.53 Å². The predicted molar refractivity (Wildman–Crippen MR) is 81.6 cm³/mol. The zero-order valence-electron chi connectivity index (χ0n) is 12.8. The van der Waals surface area contributed by atoms with Crippen molar-refractivity contribution in [2.24, 2.45) is 5.92 Å². The molecule has 116 valence electrons. The van der Waals surface area contributed by atoms with Gasteiger partial charge in [-0.3, -0.25) is 9.59 Å². The number of amides is 1. The molecule has 2 aromatic rings. The second kappa shape index (κ2) is 5.83. The number of esters is 1. The van der Waals surface area contributed by atoms with Crippen LogP contribution in [0.1, 0.15) is 29.0 Å². The van der Waals surface area contributed by atoms with Crippen molar-refractivity contribution in [1.82, 2.24) is 4.90 Å². The molecule has 0 aliphatic carbocycles. The minimum Gasteiger partial charge on any atom is -0.469 e. The Kier molecular flexibility index (Phi) is 3.88. The van der Waals surface area contributed by atoms with Crippen molar-refractivity contribution in [3.63, 3.8) is 0 Å². The molecule has 1 aliphatic heterocycles. The van der Waals surface area contributed by atoms with Crippen molar-refractivity contribution in [2.75, 3.05) is 20.2 Å². The first-order valence-electron chi connectivity index (χ1n) is 7.46. The number of methoxy groups -OCH3 is 1. The summed E-state index contributed by atoms with van der Waals surface area (Å²) in [5.41, 5.74) is 1.80. The summed E-state index contributed by atoms with van der Waals surface area (Å²) < 4.78 is 10.5. The quantitative estimate of drug-likeness (QED) is 0.800. The molecule has 5 nitrogen and oxygen atoms in total. The molecule has 1 saturated heterocycles. The highest BCUT2D eigenvalue weighted by atomic mass is 16.5. The normalized spacial score (nSPS) is 18.5. The van der Waals surface area contributed by atoms with E-state index in [0.29, 0.717) is 24.4 Å². The fourth-order valence-corrected chi connectivity index (χ4v) is 2.92. The number of furan rings is 1. The SMILES string of the molecule is COC(=O)C1CCCN(C(=O)c2cc3ccc(C)cc3o2)C1. The molecule has 1 fully saturated rings. The summed E-state index contributed by atoms with van der Waals surface area (Å²) in [5, 5.41) is 0.912. The summed E-state index contributed by atoms with van der Waals surface area (Å²) >= 11 is 0. The smallest absolute Gasteiger partial charge is 0.310 e. The molecule has 1 atom stereocenters. The van der Waals surface area contributed by atoms with Crippen LogP contribution in [0.15, 0.2) is 28.7 Å². The zero-order chi connectivity index (χ0) is 15.7. The summed E-state index contributed by atoms with van der Waals surface area (Å²) in [4.78, 5) is 25.9. The Morgan fingerprint density at radius 2 is 2.14 bits per heavy atom. The van der Waals surface area contributed by atoms with E-state index in [-0.39, 0.29) is 17.8 Å². The summed E-state index contributed by atoms with van der Waals surface area (Å²) in [5.74, 6) is -0.333. The van der Waals surface area contributed by atoms with E-state index in [1.165, 1.54) is 7.11 Å². The van der Waals surface area contributed by atoms with Crippen LogP contribution in [0, 0.1) is 12.8 Å². The van der Waals surface area contributed by atoms with Gasteiger partial charge < -0.3 is 14.1 Å². The van der Waals surface area contributed by atoms with E-state index in [1.807, 2.05) is 25.1 Å². The van der Waals surface area contributed by atoms with E-state index < -0.39 is 0 Å². The highest BCUT2D eigenvalue weighted by Gasteiger charge is 2.30. The van der Waals surface area contributed by atoms with Gasteiger partial charge in [0.2, 0.25) is 0 Å². The molecule has 1 amide bonds. The number of piperidine rings is 1. The van der Waals surface area contributed by atoms with Crippen molar-refractivity contribution >= 4 is 22.8 Å². The second-order valence-corrected chi connectivity index (χ2v) is 5.77. The molecular formula is C17H19NO4. The van der Waals surface area contributed by atoms with Crippen molar-refractivity contribution in [3.05, 3.63) is 35.6 Å². The van der Waals surface area contributed by atoms with E-state index in [4.69, 9.17) is 9.15 Å². The summed E-state index contributed by atoms with van der Waals surface area (Å²) in [6.45, 7) is 3.01. The van der Waals surface area contributed by atoms with Crippen LogP contribution in [-0.4, -0.2) is 37.0 Å². The fourth-order valence-electron chi connectivity index (χ4n) is 2.92. The maximum Gasteiger partial charge on any atom is 0.310 e. The molecule has 22 heavy (non-hydrogen) atoms. The van der Waals surface area contributed by atoms with Gasteiger partial charge in [0.15, 0.2) is 5.76 Å². The van der Waals surface area contributed by atoms with Crippen LogP contribution in [0.2, 0.25) is 0 Å². The minimum atomic E-state index is -0.252. The first-order chi connectivity index (χ1) is 10.6. The van der Waals surface area contributed by atoms with E-state index in [2.05, 4.69) is 0 Å². The van der Waals surface area contributed by atoms with Gasteiger partial charge in [0.1, 0.15) is 5.58 Å². The molecule has 5 heteroatoms. The monoisotopic (exact) mass is 301 g/mol. The first-order valence-corrected chi connectivity index (χ1v) is 7.46. The highest BCUT2D eigenvalue weighted by Crippen LogP contribution is 2.24. The Balaban J connectivity index is 1.81. The molecule has 1 aromatic heterocycles. The largest absolute Gasteiger partial charge is 0.469 e. The Morgan fingerprint density at radius 1 is 1.32 bits per heavy atom. The fraction of sp³-hybridized carbons (Fsp3) is 0.412. The lowest BCUT2D eigenvalue weighted by Crippen LogP contribution is -2.42. The van der Waals surface area contributed by atoms with Gasteiger partial charge in [-0.05, 0) is 37.5 Å². The number of hydrogen-bond acceptors (Lipinski definition) is 4. The summed E-state index contributed by atoms with van der Waals surface area (Å²) in [6.07, 6.45) is 1.56. The van der Waals surface area contributed by atoms with Crippen LogP contribution in [0.25, 0.3) is 11.0 Å². The van der Waals surface area contributed by atoms with Crippen LogP contribution in [0.5, 0.6) is 0 Å². The molecule has 2 heterocycles. The molecule has 1 aliphatic rings. The number of carbonyl (C=O) groups is 2. The Bertz CT molecular complexity index is 719. The van der Waals surface area contributed by atoms with Gasteiger partial charge in [0.25, 0.3) is 5.91 Å². The molecule has 0 saturated carbocycles. The third-order valence-electron chi connectivity index (χ3n) is 4.13. The van der Waals surface area contributed by atoms with Gasteiger partial charge in [-0.2, -0.15) is 0 Å². The van der Waals surface area contributed by atoms with Crippen molar-refractivity contribution < 1.29 is 18.7 Å². The lowest BCUT2D eigenvalue weighted by atomic mass is 9.98. The van der Waals surface area contributed by atoms with Crippen molar-refractivity contribution in [2.45, 2.75) is 19.8 Å². The predicted octanol–water partition coefficient (Wildman–Crippen LogP) is 2.77. The van der Waals surface area contributed by atoms with Crippen molar-refractivity contribution in [3.8, 4) is 0 Å². The molecule has 0 N–H and O–H groups in total. The minimum absolute atomic E-state index is 0.164. The zero-order valence-corrected chi connectivity index (χ0v) is 12.8. The number of carbonyl (C=O) groups excluding carboxylic acids is 2. The van der Waals surface area contributed by atoms with E-state index in [1.54, 1.807) is 11.0 Å². The molecule has 0 radical (unpaired) electrons. The van der Waals surface area contributed by atoms with Crippen LogP contribution in [0.4, 0.5) is 0 Å². The second-order valence-electron chi connectivity index (χ2n) is 5.77. The third-order valence-corrected chi connectivity index (χ3v) is 4.13. The van der Waals surface area contributed by atoms with Crippen molar-refractivity contribution in [1.29, 1.82) is 0 Å². The summed E-state index contributed by atoms with van der Waals surface area (Å²) in [7, 11) is 1.38. The Hall–Kier alpha value is -2.30. The Labute approximate surface area is 128 Å². The van der Waals surface area contributed by atoms with Gasteiger partial charge in [0, 0.05) is 18.5 Å². The van der Waals surface area contributed by atoms with Gasteiger partial charge in [0.05, 0.1) is 13.0 Å². The number of ether oxygens (including phenoxy) is 1. The van der Waals surface area contributed by atoms with Crippen LogP contribution >= 0.6 is 0 Å². The molecule has 0 bridgehead atoms. The van der Waals surface area contributed by atoms with Gasteiger partial charge in [-0.1, -0.05) is 12.1 Å². The number of likely N-dealkylation sites (tertiary alicyclic amines) is 1. The van der Waals surface area contributed by atoms with E-state index in [9.17, 15) is 9.59 Å². The van der Waals surface area contributed by atoms with E-state index >= 15 is 0 Å². The first kappa shape index (κ1) is 14.6. The van der Waals surface area contributed by atoms with Gasteiger partial charge >= 0.3 is 5.97 Å². The molecular weight excluding hydrogens is 282 g/mol. The maximum atomic E-state index is 12.6. The standard InChI is InChI=1S/C17H19NO4/c1-11-5-6-12-9-15(22-14(12)8-11)16(19)18-7-3-4-13(10-18)17(20)21-2/h5-6,8-9,13H,3-4,7,10H2,1-2H3. The molecule has 0 spiro atoms. The number of nitrogens with zero attached hydrogens (tertiary/aromatic N) is 1. The number of aryl methyl sites for hydroxylation is 1. The summed E-state index contributed by atoms with van der Waals surface area (Å²) in [6, 6.07) is 7.61. The highest BCUT2D eigenvalue weighted by molar-refractivity contribution is 5.96. The average Bonchev–Trinajstić information content (AvgIpc) is 2.96. The average molecular weight is 301 g/mol. The van der Waals surface area contributed by atoms with Crippen LogP contribution in [0.3, 0.4) is 0 Å². The molecule has 3 rings (SSSR count). The van der Waals surface area contributed by atoms with Gasteiger partial charge in [-0.15, -0.1) is 0 Å². The lowest BCUT2D eigenvalue weighted by Gasteiger charge is -2.30. The van der Waals surface area contributed by atoms with E-state index in [0.717, 1.165) is 23.8 Å². The number of rotatable bonds is 2. The maximum absolute atomic E-state index is 12.6. The van der Waals surface area contributed by atoms with Gasteiger partial charge in [-0.25, -0.2) is 0 Å². The number of benzene rings is 1. The number of fused-ring (bicyclic) bond motifs is 1.